The molecule has 33 heteroatoms. The zero-order valence-electron chi connectivity index (χ0n) is 42.3. The van der Waals surface area contributed by atoms with Gasteiger partial charge in [-0.1, -0.05) is 32.4 Å². The Morgan fingerprint density at radius 2 is 1.53 bits per heavy atom. The van der Waals surface area contributed by atoms with Crippen molar-refractivity contribution in [3.63, 3.8) is 0 Å². The number of aromatic nitrogens is 6. The van der Waals surface area contributed by atoms with Crippen LogP contribution in [0.25, 0.3) is 11.2 Å². The number of hydrogen-bond donors (Lipinski definition) is 8. The van der Waals surface area contributed by atoms with E-state index in [-0.39, 0.29) is 48.3 Å². The number of primary amides is 1. The molecule has 1 aromatic carbocycles. The van der Waals surface area contributed by atoms with Gasteiger partial charge in [0.1, 0.15) is 42.3 Å². The van der Waals surface area contributed by atoms with Gasteiger partial charge in [0.15, 0.2) is 30.4 Å². The number of halogens is 2. The van der Waals surface area contributed by atoms with E-state index in [9.17, 15) is 47.9 Å². The number of nitrogens with two attached hydrogens (primary N) is 1. The largest absolute Gasteiger partial charge is 0.472 e. The number of amides is 6. The maximum atomic E-state index is 16.6. The minimum absolute atomic E-state index is 0.0753. The smallest absolute Gasteiger partial charge is 0.352 e. The van der Waals surface area contributed by atoms with E-state index in [1.807, 2.05) is 18.8 Å². The Balaban J connectivity index is 0.895. The summed E-state index contributed by atoms with van der Waals surface area (Å²) < 4.78 is 80.7. The Hall–Kier alpha value is -6.08. The Bertz CT molecular complexity index is 3140. The lowest BCUT2D eigenvalue weighted by atomic mass is 10.0. The minimum atomic E-state index is -5.26. The van der Waals surface area contributed by atoms with Gasteiger partial charge in [-0.2, -0.15) is 0 Å². The lowest BCUT2D eigenvalue weighted by molar-refractivity contribution is -0.137. The van der Waals surface area contributed by atoms with Crippen LogP contribution in [0.1, 0.15) is 69.7 Å². The van der Waals surface area contributed by atoms with Gasteiger partial charge in [-0.05, 0) is 67.6 Å². The van der Waals surface area contributed by atoms with E-state index in [1.165, 1.54) is 34.3 Å². The monoisotopic (exact) mass is 1170 g/mol. The number of unbranched alkanes of at least 4 members (excludes halogenated alkanes) is 2. The van der Waals surface area contributed by atoms with E-state index >= 15 is 8.78 Å². The summed E-state index contributed by atoms with van der Waals surface area (Å²) in [5, 5.41) is 11.4. The number of phosphoric acid groups is 1. The highest BCUT2D eigenvalue weighted by atomic mass is 32.5. The van der Waals surface area contributed by atoms with Crippen molar-refractivity contribution in [2.24, 2.45) is 11.7 Å². The number of hydrogen-bond acceptors (Lipinski definition) is 19. The average Bonchev–Trinajstić information content (AvgIpc) is 4.35. The molecule has 28 nitrogen and oxygen atoms in total. The lowest BCUT2D eigenvalue weighted by Crippen LogP contribution is -2.53. The number of benzene rings is 1. The molecule has 0 spiro atoms. The van der Waals surface area contributed by atoms with E-state index in [2.05, 4.69) is 36.2 Å². The summed E-state index contributed by atoms with van der Waals surface area (Å²) in [6.45, 7) is -1.62. The molecule has 7 heterocycles. The molecule has 428 valence electrons. The van der Waals surface area contributed by atoms with E-state index in [0.29, 0.717) is 60.3 Å². The molecule has 8 rings (SSSR count). The van der Waals surface area contributed by atoms with Gasteiger partial charge in [-0.15, -0.1) is 0 Å². The number of anilines is 1. The van der Waals surface area contributed by atoms with Crippen molar-refractivity contribution in [3.8, 4) is 0 Å². The van der Waals surface area contributed by atoms with E-state index in [4.69, 9.17) is 45.1 Å². The number of imide groups is 1. The van der Waals surface area contributed by atoms with Crippen molar-refractivity contribution in [2.75, 3.05) is 38.2 Å². The quantitative estimate of drug-likeness (QED) is 0.0349. The molecule has 12 atom stereocenters. The number of phosphoric ester groups is 1. The standard InChI is InChI=1S/C46H58F2N12O16P2S/c1-24(2)36(50-15-4-3-5-17-58-32(62)12-13-33(58)63)42(65)56-27(7-6-16-51-45(49)66)41(64)55-26-10-8-25(9-11-26)19-28-37-40(53-22-52-28)60(23-54-37)44-34(47)38-30(74-44)21-72-78(70,79)76-39-29(20-71-77(68,69)75-38)73-43(35(39)48)59-18-14-31(61)57-46(59)67/h8-14,18,22-24,27,29-30,34-36,38-39,43-44,50H,3-7,15-17,19-21H2,1-2H3,(H,55,64)(H,56,65)(H,68,69)(H,70,79)(H3,49,51,66)(H,57,61,67)/t27?,29-,30-,34-,35-,36?,38-,39-,43-,44-,78?/m1/s1. The van der Waals surface area contributed by atoms with Crippen LogP contribution in [-0.2, 0) is 69.5 Å². The first-order valence-electron chi connectivity index (χ1n) is 25.0. The molecule has 4 unspecified atom stereocenters. The summed E-state index contributed by atoms with van der Waals surface area (Å²) in [4.78, 5) is 125. The number of alkyl halides is 2. The number of rotatable bonds is 20. The third-order valence-electron chi connectivity index (χ3n) is 13.1. The molecule has 9 N–H and O–H groups in total. The number of imidazole rings is 1. The molecule has 4 aliphatic rings. The second-order valence-electron chi connectivity index (χ2n) is 19.1. The zero-order valence-corrected chi connectivity index (χ0v) is 44.9. The Kier molecular flexibility index (Phi) is 19.1. The number of H-pyrrole nitrogens is 1. The van der Waals surface area contributed by atoms with Gasteiger partial charge in [-0.3, -0.25) is 56.6 Å². The van der Waals surface area contributed by atoms with Crippen molar-refractivity contribution < 1.29 is 74.7 Å². The van der Waals surface area contributed by atoms with Crippen molar-refractivity contribution in [1.82, 2.24) is 49.9 Å². The lowest BCUT2D eigenvalue weighted by Gasteiger charge is -2.28. The molecule has 6 amide bonds. The highest BCUT2D eigenvalue weighted by molar-refractivity contribution is 8.07. The predicted octanol–water partition coefficient (Wildman–Crippen LogP) is 1.15. The molecule has 4 aliphatic heterocycles. The van der Waals surface area contributed by atoms with Crippen LogP contribution in [-0.4, -0.2) is 155 Å². The van der Waals surface area contributed by atoms with E-state index < -0.39 is 118 Å². The highest BCUT2D eigenvalue weighted by Crippen LogP contribution is 2.54. The van der Waals surface area contributed by atoms with Crippen LogP contribution in [0.2, 0.25) is 0 Å². The van der Waals surface area contributed by atoms with Gasteiger partial charge in [0.25, 0.3) is 17.4 Å². The van der Waals surface area contributed by atoms with Gasteiger partial charge in [0.2, 0.25) is 11.8 Å². The van der Waals surface area contributed by atoms with Crippen molar-refractivity contribution >= 4 is 72.9 Å². The highest BCUT2D eigenvalue weighted by Gasteiger charge is 2.54. The molecular formula is C46H58F2N12O16P2S. The van der Waals surface area contributed by atoms with Gasteiger partial charge in [0.05, 0.1) is 31.3 Å². The fourth-order valence-corrected chi connectivity index (χ4v) is 11.6. The predicted molar refractivity (Wildman–Crippen MR) is 275 cm³/mol. The summed E-state index contributed by atoms with van der Waals surface area (Å²) >= 11 is 5.15. The first-order chi connectivity index (χ1) is 37.6. The Morgan fingerprint density at radius 1 is 0.861 bits per heavy atom. The van der Waals surface area contributed by atoms with Gasteiger partial charge >= 0.3 is 26.3 Å². The summed E-state index contributed by atoms with van der Waals surface area (Å²) in [6, 6.07) is 5.18. The Labute approximate surface area is 453 Å². The fraction of sp³-hybridized carbons (Fsp3) is 0.522. The third kappa shape index (κ3) is 14.6. The number of urea groups is 1. The number of nitrogens with one attached hydrogen (secondary N) is 5. The molecule has 3 aromatic heterocycles. The number of carbonyl (C=O) groups excluding carboxylic acids is 5. The van der Waals surface area contributed by atoms with E-state index in [0.717, 1.165) is 12.3 Å². The number of nitrogens with zero attached hydrogens (tertiary/aromatic N) is 6. The fourth-order valence-electron chi connectivity index (χ4n) is 9.19. The van der Waals surface area contributed by atoms with Crippen LogP contribution in [0.15, 0.2) is 70.9 Å². The van der Waals surface area contributed by atoms with Crippen LogP contribution >= 0.6 is 14.5 Å². The van der Waals surface area contributed by atoms with Gasteiger partial charge < -0.3 is 50.8 Å². The van der Waals surface area contributed by atoms with Crippen LogP contribution in [0.4, 0.5) is 19.3 Å². The Morgan fingerprint density at radius 3 is 2.20 bits per heavy atom. The molecule has 0 aliphatic carbocycles. The molecule has 3 saturated heterocycles. The molecule has 0 bridgehead atoms. The number of ether oxygens (including phenoxy) is 2. The maximum absolute atomic E-state index is 16.6. The molecule has 3 fully saturated rings. The van der Waals surface area contributed by atoms with Crippen LogP contribution < -0.4 is 38.2 Å². The second-order valence-corrected chi connectivity index (χ2v) is 23.3. The molecular weight excluding hydrogens is 1110 g/mol. The average molecular weight is 1170 g/mol. The van der Waals surface area contributed by atoms with Crippen LogP contribution in [0.5, 0.6) is 0 Å². The van der Waals surface area contributed by atoms with Crippen LogP contribution in [0, 0.1) is 5.92 Å². The summed E-state index contributed by atoms with van der Waals surface area (Å²) in [5.74, 6) is -1.79. The van der Waals surface area contributed by atoms with Gasteiger partial charge in [-0.25, -0.2) is 37.9 Å². The molecule has 0 radical (unpaired) electrons. The first kappa shape index (κ1) is 59.1. The van der Waals surface area contributed by atoms with Gasteiger partial charge in [0, 0.05) is 49.6 Å². The SMILES string of the molecule is CC(C)C(NCCCCCN1C(=O)C=CC1=O)C(=O)NC(CCCNC(N)=O)C(=O)Nc1ccc(Cc2ncnc3c2ncn3[C@@H]2O[C@@H]3COP(O)(=S)O[C@H]4[C@@H](F)[C@H](n5ccc(=O)[nH]c5=O)O[C@@H]4COP(=O)(O)O[C@H]3[C@H]2F)cc1. The first-order valence-corrected chi connectivity index (χ1v) is 29.1. The van der Waals surface area contributed by atoms with Crippen molar-refractivity contribution in [2.45, 2.75) is 114 Å². The van der Waals surface area contributed by atoms with E-state index in [1.54, 1.807) is 24.3 Å². The molecule has 79 heavy (non-hydrogen) atoms. The number of aromatic amines is 1. The minimum Gasteiger partial charge on any atom is -0.352 e. The second kappa shape index (κ2) is 25.6. The topological polar surface area (TPSA) is 374 Å². The molecule has 0 saturated carbocycles. The normalized spacial score (nSPS) is 28.0. The maximum Gasteiger partial charge on any atom is 0.472 e. The number of carbonyl (C=O) groups is 5. The summed E-state index contributed by atoms with van der Waals surface area (Å²) in [6.07, 6.45) is -6.58. The number of fused-ring (bicyclic) bond motifs is 3. The van der Waals surface area contributed by atoms with Crippen molar-refractivity contribution in [1.29, 1.82) is 0 Å². The van der Waals surface area contributed by atoms with Crippen molar-refractivity contribution in [3.05, 3.63) is 93.4 Å². The third-order valence-corrected chi connectivity index (χ3v) is 15.7. The molecule has 4 aromatic rings. The summed E-state index contributed by atoms with van der Waals surface area (Å²) in [7, 11) is -5.26. The zero-order chi connectivity index (χ0) is 56.8. The summed E-state index contributed by atoms with van der Waals surface area (Å²) in [5.41, 5.74) is 5.12. The van der Waals surface area contributed by atoms with Crippen LogP contribution in [0.3, 0.4) is 0 Å².